The highest BCUT2D eigenvalue weighted by Gasteiger charge is 2.04. The largest absolute Gasteiger partial charge is 0.375 e. The van der Waals surface area contributed by atoms with Crippen LogP contribution in [0.25, 0.3) is 5.65 Å². The van der Waals surface area contributed by atoms with E-state index in [4.69, 9.17) is 16.3 Å². The number of rotatable bonds is 4. The van der Waals surface area contributed by atoms with Crippen molar-refractivity contribution in [3.8, 4) is 0 Å². The molecule has 0 unspecified atom stereocenters. The van der Waals surface area contributed by atoms with Crippen LogP contribution >= 0.6 is 11.6 Å². The van der Waals surface area contributed by atoms with Crippen molar-refractivity contribution in [1.29, 1.82) is 0 Å². The van der Waals surface area contributed by atoms with E-state index in [0.29, 0.717) is 11.6 Å². The highest BCUT2D eigenvalue weighted by Crippen LogP contribution is 2.11. The molecule has 2 aromatic heterocycles. The second-order valence-corrected chi connectivity index (χ2v) is 3.99. The van der Waals surface area contributed by atoms with Gasteiger partial charge in [-0.2, -0.15) is 0 Å². The summed E-state index contributed by atoms with van der Waals surface area (Å²) in [5.74, 6) is -0.164. The molecule has 0 aliphatic heterocycles. The normalized spacial score (nSPS) is 10.7. The highest BCUT2D eigenvalue weighted by atomic mass is 35.5. The minimum Gasteiger partial charge on any atom is -0.375 e. The smallest absolute Gasteiger partial charge is 0.246 e. The van der Waals surface area contributed by atoms with Gasteiger partial charge in [0.25, 0.3) is 0 Å². The molecule has 0 aromatic carbocycles. The Bertz CT molecular complexity index is 538. The number of nitrogens with one attached hydrogen (secondary N) is 1. The molecule has 2 heterocycles. The van der Waals surface area contributed by atoms with Gasteiger partial charge in [0.1, 0.15) is 12.3 Å². The first kappa shape index (κ1) is 11.9. The molecule has 0 saturated heterocycles. The van der Waals surface area contributed by atoms with Gasteiger partial charge in [-0.15, -0.1) is 0 Å². The minimum atomic E-state index is -0.164. The Morgan fingerprint density at radius 2 is 2.35 bits per heavy atom. The molecule has 6 heteroatoms. The molecule has 2 aromatic rings. The third-order valence-corrected chi connectivity index (χ3v) is 2.43. The van der Waals surface area contributed by atoms with E-state index in [1.165, 1.54) is 7.11 Å². The second kappa shape index (κ2) is 5.16. The number of hydrogen-bond acceptors (Lipinski definition) is 3. The molecular formula is C11H12ClN3O2. The number of hydrogen-bond donors (Lipinski definition) is 1. The number of carbonyl (C=O) groups is 1. The van der Waals surface area contributed by atoms with Crippen molar-refractivity contribution in [1.82, 2.24) is 14.7 Å². The van der Waals surface area contributed by atoms with E-state index < -0.39 is 0 Å². The fourth-order valence-electron chi connectivity index (χ4n) is 1.47. The monoisotopic (exact) mass is 253 g/mol. The van der Waals surface area contributed by atoms with Crippen molar-refractivity contribution < 1.29 is 9.53 Å². The molecule has 2 rings (SSSR count). The molecule has 0 aliphatic rings. The van der Waals surface area contributed by atoms with Crippen molar-refractivity contribution >= 4 is 23.2 Å². The number of methoxy groups -OCH3 is 1. The van der Waals surface area contributed by atoms with Crippen LogP contribution in [0.2, 0.25) is 5.02 Å². The predicted octanol–water partition coefficient (Wildman–Crippen LogP) is 1.25. The van der Waals surface area contributed by atoms with Crippen LogP contribution in [0.15, 0.2) is 24.5 Å². The number of carbonyl (C=O) groups excluding carboxylic acids is 1. The second-order valence-electron chi connectivity index (χ2n) is 3.55. The molecule has 0 aliphatic carbocycles. The van der Waals surface area contributed by atoms with E-state index in [1.807, 2.05) is 16.7 Å². The number of fused-ring (bicyclic) bond motifs is 1. The summed E-state index contributed by atoms with van der Waals surface area (Å²) < 4.78 is 6.53. The number of ether oxygens (including phenoxy) is 1. The molecule has 1 N–H and O–H groups in total. The Morgan fingerprint density at radius 3 is 3.12 bits per heavy atom. The maximum atomic E-state index is 11.2. The van der Waals surface area contributed by atoms with Crippen LogP contribution in [0.1, 0.15) is 5.69 Å². The van der Waals surface area contributed by atoms with Crippen LogP contribution in [-0.4, -0.2) is 29.0 Å². The van der Waals surface area contributed by atoms with Gasteiger partial charge in [0, 0.05) is 19.5 Å². The van der Waals surface area contributed by atoms with Gasteiger partial charge in [-0.3, -0.25) is 4.79 Å². The lowest BCUT2D eigenvalue weighted by Crippen LogP contribution is -2.26. The van der Waals surface area contributed by atoms with E-state index in [-0.39, 0.29) is 12.5 Å². The molecule has 0 fully saturated rings. The molecule has 0 radical (unpaired) electrons. The van der Waals surface area contributed by atoms with Crippen LogP contribution in [0, 0.1) is 0 Å². The maximum Gasteiger partial charge on any atom is 0.246 e. The van der Waals surface area contributed by atoms with E-state index in [0.717, 1.165) is 11.3 Å². The molecule has 1 amide bonds. The predicted molar refractivity (Wildman–Crippen MR) is 63.9 cm³/mol. The number of pyridine rings is 1. The van der Waals surface area contributed by atoms with Crippen molar-refractivity contribution in [3.63, 3.8) is 0 Å². The third kappa shape index (κ3) is 2.95. The van der Waals surface area contributed by atoms with Crippen molar-refractivity contribution in [2.75, 3.05) is 13.7 Å². The van der Waals surface area contributed by atoms with Gasteiger partial charge in [-0.25, -0.2) is 4.98 Å². The summed E-state index contributed by atoms with van der Waals surface area (Å²) in [7, 11) is 1.48. The number of halogens is 1. The molecule has 0 spiro atoms. The molecule has 0 atom stereocenters. The Balaban J connectivity index is 2.07. The van der Waals surface area contributed by atoms with Crippen molar-refractivity contribution in [2.45, 2.75) is 6.54 Å². The first-order valence-corrected chi connectivity index (χ1v) is 5.45. The zero-order valence-electron chi connectivity index (χ0n) is 9.31. The van der Waals surface area contributed by atoms with Gasteiger partial charge in [0.15, 0.2) is 0 Å². The van der Waals surface area contributed by atoms with Crippen LogP contribution in [0.3, 0.4) is 0 Å². The topological polar surface area (TPSA) is 55.6 Å². The molecule has 0 saturated carbocycles. The first-order valence-electron chi connectivity index (χ1n) is 5.08. The molecule has 90 valence electrons. The summed E-state index contributed by atoms with van der Waals surface area (Å²) in [6.45, 7) is 0.431. The highest BCUT2D eigenvalue weighted by molar-refractivity contribution is 6.30. The maximum absolute atomic E-state index is 11.2. The Hall–Kier alpha value is -1.59. The minimum absolute atomic E-state index is 0.0548. The van der Waals surface area contributed by atoms with Crippen molar-refractivity contribution in [3.05, 3.63) is 35.2 Å². The van der Waals surface area contributed by atoms with E-state index in [2.05, 4.69) is 10.3 Å². The Labute approximate surface area is 103 Å². The summed E-state index contributed by atoms with van der Waals surface area (Å²) in [4.78, 5) is 15.5. The zero-order chi connectivity index (χ0) is 12.3. The molecule has 0 bridgehead atoms. The van der Waals surface area contributed by atoms with Crippen LogP contribution in [-0.2, 0) is 16.1 Å². The average molecular weight is 254 g/mol. The zero-order valence-corrected chi connectivity index (χ0v) is 10.1. The van der Waals surface area contributed by atoms with Gasteiger partial charge in [-0.1, -0.05) is 11.6 Å². The van der Waals surface area contributed by atoms with Gasteiger partial charge in [0.05, 0.1) is 17.3 Å². The number of amides is 1. The fourth-order valence-corrected chi connectivity index (χ4v) is 1.64. The van der Waals surface area contributed by atoms with Gasteiger partial charge in [-0.05, 0) is 12.1 Å². The SMILES string of the molecule is COCC(=O)NCc1cn2cc(Cl)ccc2n1. The lowest BCUT2D eigenvalue weighted by molar-refractivity contribution is -0.124. The summed E-state index contributed by atoms with van der Waals surface area (Å²) >= 11 is 5.86. The summed E-state index contributed by atoms with van der Waals surface area (Å²) in [6, 6.07) is 3.60. The summed E-state index contributed by atoms with van der Waals surface area (Å²) in [6.07, 6.45) is 3.60. The molecule has 17 heavy (non-hydrogen) atoms. The quantitative estimate of drug-likeness (QED) is 0.892. The fraction of sp³-hybridized carbons (Fsp3) is 0.273. The summed E-state index contributed by atoms with van der Waals surface area (Å²) in [5.41, 5.74) is 1.57. The standard InChI is InChI=1S/C11H12ClN3O2/c1-17-7-11(16)13-4-9-6-15-5-8(12)2-3-10(15)14-9/h2-3,5-6H,4,7H2,1H3,(H,13,16). The lowest BCUT2D eigenvalue weighted by atomic mass is 10.4. The summed E-state index contributed by atoms with van der Waals surface area (Å²) in [5, 5.41) is 3.35. The number of imidazole rings is 1. The Morgan fingerprint density at radius 1 is 1.53 bits per heavy atom. The van der Waals surface area contributed by atoms with Gasteiger partial charge in [0.2, 0.25) is 5.91 Å². The van der Waals surface area contributed by atoms with Gasteiger partial charge >= 0.3 is 0 Å². The van der Waals surface area contributed by atoms with Crippen LogP contribution in [0.4, 0.5) is 0 Å². The Kier molecular flexibility index (Phi) is 3.61. The van der Waals surface area contributed by atoms with Crippen LogP contribution in [0.5, 0.6) is 0 Å². The van der Waals surface area contributed by atoms with Gasteiger partial charge < -0.3 is 14.5 Å². The average Bonchev–Trinajstić information content (AvgIpc) is 2.68. The lowest BCUT2D eigenvalue weighted by Gasteiger charge is -2.00. The van der Waals surface area contributed by atoms with E-state index >= 15 is 0 Å². The van der Waals surface area contributed by atoms with E-state index in [9.17, 15) is 4.79 Å². The molecular weight excluding hydrogens is 242 g/mol. The number of nitrogens with zero attached hydrogens (tertiary/aromatic N) is 2. The van der Waals surface area contributed by atoms with Crippen LogP contribution < -0.4 is 5.32 Å². The molecule has 5 nitrogen and oxygen atoms in total. The first-order chi connectivity index (χ1) is 8.19. The number of aromatic nitrogens is 2. The van der Waals surface area contributed by atoms with Crippen molar-refractivity contribution in [2.24, 2.45) is 0 Å². The van der Waals surface area contributed by atoms with E-state index in [1.54, 1.807) is 12.3 Å². The third-order valence-electron chi connectivity index (χ3n) is 2.21.